The maximum absolute atomic E-state index is 11.9. The van der Waals surface area contributed by atoms with Gasteiger partial charge in [-0.1, -0.05) is 24.6 Å². The molecule has 6 heteroatoms. The number of amides is 1. The topological polar surface area (TPSA) is 62.7 Å². The lowest BCUT2D eigenvalue weighted by atomic mass is 9.86. The van der Waals surface area contributed by atoms with E-state index < -0.39 is 0 Å². The number of nitrogens with zero attached hydrogens (tertiary/aromatic N) is 1. The molecule has 1 heterocycles. The van der Waals surface area contributed by atoms with E-state index in [1.165, 1.54) is 25.7 Å². The van der Waals surface area contributed by atoms with Gasteiger partial charge in [0.2, 0.25) is 5.91 Å². The van der Waals surface area contributed by atoms with Gasteiger partial charge >= 0.3 is 0 Å². The lowest BCUT2D eigenvalue weighted by molar-refractivity contribution is -0.122. The number of amidine groups is 1. The van der Waals surface area contributed by atoms with Crippen LogP contribution in [0.15, 0.2) is 4.99 Å². The van der Waals surface area contributed by atoms with E-state index in [2.05, 4.69) is 10.6 Å². The molecule has 1 amide bonds. The van der Waals surface area contributed by atoms with Gasteiger partial charge < -0.3 is 15.4 Å². The second-order valence-corrected chi connectivity index (χ2v) is 6.52. The van der Waals surface area contributed by atoms with E-state index in [1.807, 2.05) is 6.92 Å². The molecule has 1 saturated carbocycles. The van der Waals surface area contributed by atoms with E-state index in [1.54, 1.807) is 18.9 Å². The number of hydrogen-bond acceptors (Lipinski definition) is 5. The Morgan fingerprint density at radius 1 is 1.50 bits per heavy atom. The van der Waals surface area contributed by atoms with E-state index in [0.29, 0.717) is 19.2 Å². The van der Waals surface area contributed by atoms with Crippen molar-refractivity contribution >= 4 is 22.8 Å². The number of carbonyl (C=O) groups is 1. The van der Waals surface area contributed by atoms with Crippen molar-refractivity contribution in [2.24, 2.45) is 10.9 Å². The highest BCUT2D eigenvalue weighted by Crippen LogP contribution is 2.33. The molecule has 1 aliphatic carbocycles. The van der Waals surface area contributed by atoms with Crippen LogP contribution in [0.5, 0.6) is 0 Å². The Balaban J connectivity index is 1.80. The van der Waals surface area contributed by atoms with Gasteiger partial charge in [-0.25, -0.2) is 0 Å². The molecule has 2 rings (SSSR count). The summed E-state index contributed by atoms with van der Waals surface area (Å²) in [6, 6.07) is 0.217. The molecule has 1 fully saturated rings. The lowest BCUT2D eigenvalue weighted by Crippen LogP contribution is -2.46. The molecule has 0 bridgehead atoms. The molecule has 0 aromatic carbocycles. The van der Waals surface area contributed by atoms with Crippen molar-refractivity contribution in [3.8, 4) is 0 Å². The molecule has 0 radical (unpaired) electrons. The number of methoxy groups -OCH3 is 1. The van der Waals surface area contributed by atoms with Crippen LogP contribution >= 0.6 is 11.8 Å². The van der Waals surface area contributed by atoms with Gasteiger partial charge in [0, 0.05) is 19.4 Å². The fraction of sp³-hybridized carbons (Fsp3) is 0.857. The summed E-state index contributed by atoms with van der Waals surface area (Å²) in [6.45, 7) is 2.96. The van der Waals surface area contributed by atoms with Crippen molar-refractivity contribution in [3.63, 3.8) is 0 Å². The summed E-state index contributed by atoms with van der Waals surface area (Å²) in [7, 11) is 1.63. The van der Waals surface area contributed by atoms with Crippen molar-refractivity contribution in [3.05, 3.63) is 0 Å². The van der Waals surface area contributed by atoms with Crippen LogP contribution in [0, 0.1) is 5.92 Å². The normalized spacial score (nSPS) is 27.2. The average molecular weight is 299 g/mol. The highest BCUT2D eigenvalue weighted by Gasteiger charge is 2.29. The number of ether oxygens (including phenoxy) is 1. The zero-order chi connectivity index (χ0) is 14.4. The van der Waals surface area contributed by atoms with Gasteiger partial charge in [0.05, 0.1) is 12.6 Å². The summed E-state index contributed by atoms with van der Waals surface area (Å²) < 4.78 is 4.92. The number of hydrogen-bond donors (Lipinski definition) is 2. The first kappa shape index (κ1) is 15.6. The van der Waals surface area contributed by atoms with Crippen molar-refractivity contribution in [2.45, 2.75) is 44.7 Å². The molecule has 20 heavy (non-hydrogen) atoms. The third-order valence-corrected chi connectivity index (χ3v) is 5.02. The van der Waals surface area contributed by atoms with E-state index in [-0.39, 0.29) is 11.9 Å². The van der Waals surface area contributed by atoms with Crippen molar-refractivity contribution in [1.29, 1.82) is 0 Å². The van der Waals surface area contributed by atoms with Crippen LogP contribution in [-0.4, -0.2) is 49.2 Å². The summed E-state index contributed by atoms with van der Waals surface area (Å²) in [5, 5.41) is 7.01. The fourth-order valence-corrected chi connectivity index (χ4v) is 3.92. The predicted octanol–water partition coefficient (Wildman–Crippen LogP) is 1.39. The first-order valence-electron chi connectivity index (χ1n) is 7.44. The van der Waals surface area contributed by atoms with Gasteiger partial charge in [-0.05, 0) is 25.7 Å². The summed E-state index contributed by atoms with van der Waals surface area (Å²) in [5.74, 6) is 1.87. The van der Waals surface area contributed by atoms with Gasteiger partial charge in [-0.3, -0.25) is 9.79 Å². The molecular formula is C14H25N3O2S. The number of thioether (sulfide) groups is 1. The first-order valence-corrected chi connectivity index (χ1v) is 8.43. The van der Waals surface area contributed by atoms with Crippen LogP contribution in [0.1, 0.15) is 32.6 Å². The van der Waals surface area contributed by atoms with E-state index in [9.17, 15) is 4.79 Å². The summed E-state index contributed by atoms with van der Waals surface area (Å²) in [5.41, 5.74) is 0. The Morgan fingerprint density at radius 3 is 3.10 bits per heavy atom. The van der Waals surface area contributed by atoms with Crippen molar-refractivity contribution in [1.82, 2.24) is 10.6 Å². The summed E-state index contributed by atoms with van der Waals surface area (Å²) >= 11 is 1.76. The molecule has 0 aromatic rings. The first-order chi connectivity index (χ1) is 9.70. The van der Waals surface area contributed by atoms with Crippen LogP contribution in [-0.2, 0) is 9.53 Å². The maximum atomic E-state index is 11.9. The van der Waals surface area contributed by atoms with Crippen LogP contribution in [0.3, 0.4) is 0 Å². The molecule has 0 saturated heterocycles. The molecule has 2 aliphatic rings. The third kappa shape index (κ3) is 4.38. The second-order valence-electron chi connectivity index (χ2n) is 5.51. The van der Waals surface area contributed by atoms with E-state index >= 15 is 0 Å². The Hall–Kier alpha value is -0.750. The molecule has 3 unspecified atom stereocenters. The van der Waals surface area contributed by atoms with Crippen LogP contribution in [0.4, 0.5) is 0 Å². The van der Waals surface area contributed by atoms with E-state index in [4.69, 9.17) is 9.73 Å². The largest absolute Gasteiger partial charge is 0.383 e. The molecule has 5 nitrogen and oxygen atoms in total. The van der Waals surface area contributed by atoms with Gasteiger partial charge in [-0.15, -0.1) is 0 Å². The van der Waals surface area contributed by atoms with Gasteiger partial charge in [0.25, 0.3) is 0 Å². The summed E-state index contributed by atoms with van der Waals surface area (Å²) in [6.07, 6.45) is 5.14. The van der Waals surface area contributed by atoms with E-state index in [0.717, 1.165) is 16.8 Å². The molecular weight excluding hydrogens is 274 g/mol. The standard InChI is InChI=1S/C14H25N3O2S/c1-10(13(18)15-7-8-19-2)16-14-17-12-6-4-3-5-11(12)9-20-14/h10-12H,3-9H2,1-2H3,(H,15,18)(H,16,17). The minimum atomic E-state index is -0.252. The second kappa shape index (κ2) is 7.88. The third-order valence-electron chi connectivity index (χ3n) is 3.92. The van der Waals surface area contributed by atoms with Crippen LogP contribution < -0.4 is 10.6 Å². The Bertz CT molecular complexity index is 362. The highest BCUT2D eigenvalue weighted by molar-refractivity contribution is 8.13. The molecule has 3 atom stereocenters. The number of fused-ring (bicyclic) bond motifs is 1. The molecule has 2 N–H and O–H groups in total. The predicted molar refractivity (Wildman–Crippen MR) is 83.1 cm³/mol. The zero-order valence-corrected chi connectivity index (χ0v) is 13.2. The highest BCUT2D eigenvalue weighted by atomic mass is 32.2. The minimum Gasteiger partial charge on any atom is -0.383 e. The Labute approximate surface area is 125 Å². The smallest absolute Gasteiger partial charge is 0.242 e. The molecule has 114 valence electrons. The van der Waals surface area contributed by atoms with Gasteiger partial charge in [0.1, 0.15) is 6.04 Å². The maximum Gasteiger partial charge on any atom is 0.242 e. The Kier molecular flexibility index (Phi) is 6.16. The van der Waals surface area contributed by atoms with Crippen molar-refractivity contribution in [2.75, 3.05) is 26.0 Å². The number of carbonyl (C=O) groups excluding carboxylic acids is 1. The van der Waals surface area contributed by atoms with Gasteiger partial charge in [0.15, 0.2) is 5.17 Å². The molecule has 0 aromatic heterocycles. The molecule has 1 aliphatic heterocycles. The Morgan fingerprint density at radius 2 is 2.30 bits per heavy atom. The summed E-state index contributed by atoms with van der Waals surface area (Å²) in [4.78, 5) is 16.7. The van der Waals surface area contributed by atoms with Crippen molar-refractivity contribution < 1.29 is 9.53 Å². The monoisotopic (exact) mass is 299 g/mol. The van der Waals surface area contributed by atoms with Crippen LogP contribution in [0.25, 0.3) is 0 Å². The van der Waals surface area contributed by atoms with Crippen LogP contribution in [0.2, 0.25) is 0 Å². The number of rotatable bonds is 5. The number of aliphatic imine (C=N–C) groups is 1. The average Bonchev–Trinajstić information content (AvgIpc) is 2.47. The minimum absolute atomic E-state index is 0.00359. The lowest BCUT2D eigenvalue weighted by Gasteiger charge is -2.33. The SMILES string of the molecule is COCCNC(=O)C(C)NC1=NC2CCCCC2CS1. The zero-order valence-electron chi connectivity index (χ0n) is 12.4. The van der Waals surface area contributed by atoms with Gasteiger partial charge in [-0.2, -0.15) is 0 Å². The fourth-order valence-electron chi connectivity index (χ4n) is 2.69. The molecule has 0 spiro atoms. The number of nitrogens with one attached hydrogen (secondary N) is 2. The quantitative estimate of drug-likeness (QED) is 0.753.